The van der Waals surface area contributed by atoms with E-state index in [4.69, 9.17) is 35.4 Å². The van der Waals surface area contributed by atoms with Crippen LogP contribution in [0.1, 0.15) is 76.5 Å². The molecule has 1 aliphatic heterocycles. The maximum absolute atomic E-state index is 14.5. The second-order valence-electron chi connectivity index (χ2n) is 13.4. The first kappa shape index (κ1) is 42.9. The molecule has 306 valence electrons. The summed E-state index contributed by atoms with van der Waals surface area (Å²) < 4.78 is 86.9. The van der Waals surface area contributed by atoms with Crippen molar-refractivity contribution >= 4 is 36.9 Å². The van der Waals surface area contributed by atoms with Crippen molar-refractivity contribution in [2.24, 2.45) is 0 Å². The van der Waals surface area contributed by atoms with E-state index in [0.29, 0.717) is 12.5 Å². The first-order valence-electron chi connectivity index (χ1n) is 18.4. The highest BCUT2D eigenvalue weighted by Gasteiger charge is 2.53. The van der Waals surface area contributed by atoms with Gasteiger partial charge in [-0.3, -0.25) is 13.9 Å². The number of hydrogen-bond donors (Lipinski definition) is 3. The Balaban J connectivity index is 1.39. The molecule has 1 saturated heterocycles. The van der Waals surface area contributed by atoms with Gasteiger partial charge in [0, 0.05) is 12.5 Å². The Morgan fingerprint density at radius 3 is 2.44 bits per heavy atom. The Morgan fingerprint density at radius 1 is 1.09 bits per heavy atom. The number of imidazole rings is 1. The molecule has 0 radical (unpaired) electrons. The summed E-state index contributed by atoms with van der Waals surface area (Å²) in [5.74, 6) is -1.33. The molecule has 3 heterocycles. The molecule has 2 aromatic heterocycles. The quantitative estimate of drug-likeness (QED) is 0.0249. The largest absolute Gasteiger partial charge is 0.508 e. The second-order valence-corrected chi connectivity index (χ2v) is 15.1. The molecular weight excluding hydrogens is 772 g/mol. The third-order valence-electron chi connectivity index (χ3n) is 9.11. The fourth-order valence-corrected chi connectivity index (χ4v) is 7.77. The van der Waals surface area contributed by atoms with E-state index in [0.717, 1.165) is 44.2 Å². The maximum Gasteiger partial charge on any atom is 0.508 e. The van der Waals surface area contributed by atoms with Crippen LogP contribution in [0.25, 0.3) is 11.2 Å². The van der Waals surface area contributed by atoms with E-state index < -0.39 is 74.6 Å². The number of carbonyl (C=O) groups is 2. The van der Waals surface area contributed by atoms with Crippen LogP contribution in [-0.2, 0) is 34.5 Å². The van der Waals surface area contributed by atoms with Crippen molar-refractivity contribution in [3.63, 3.8) is 0 Å². The fraction of sp³-hybridized carbons (Fsp3) is 0.447. The number of nitrogens with one attached hydrogen (secondary N) is 1. The molecule has 4 aromatic rings. The van der Waals surface area contributed by atoms with Gasteiger partial charge in [0.15, 0.2) is 28.7 Å². The topological polar surface area (TPSA) is 199 Å². The lowest BCUT2D eigenvalue weighted by molar-refractivity contribution is -0.139. The minimum absolute atomic E-state index is 0.0178. The van der Waals surface area contributed by atoms with Crippen LogP contribution in [0, 0.1) is 30.1 Å². The number of halogens is 3. The Hall–Kier alpha value is -5.21. The molecule has 5 atom stereocenters. The molecule has 1 aliphatic rings. The summed E-state index contributed by atoms with van der Waals surface area (Å²) in [5, 5.41) is 12.4. The van der Waals surface area contributed by atoms with E-state index >= 15 is 0 Å². The summed E-state index contributed by atoms with van der Waals surface area (Å²) in [6.45, 7) is 1.35. The van der Waals surface area contributed by atoms with Crippen LogP contribution >= 0.6 is 7.75 Å². The monoisotopic (exact) mass is 816 g/mol. The number of benzene rings is 2. The van der Waals surface area contributed by atoms with Crippen LogP contribution in [0.4, 0.5) is 23.8 Å². The molecular formula is C38H44F3N6O9P. The number of ether oxygens (including phenoxy) is 3. The SMILES string of the molecule is C#C[C@]1(CO[P@@](=O)(N[C@@H](Cc2cc(F)cc(F)c2)C(=O)O)Oc2ccccc2)O[C@@H](n2cnc3c(N)nc(F)nc32)C[C@@H]1OC(=O)OCCCCCCCCCC. The molecule has 0 unspecified atom stereocenters. The summed E-state index contributed by atoms with van der Waals surface area (Å²) in [7, 11) is -4.82. The van der Waals surface area contributed by atoms with Crippen LogP contribution in [0.5, 0.6) is 5.75 Å². The minimum atomic E-state index is -4.82. The van der Waals surface area contributed by atoms with Crippen LogP contribution in [0.15, 0.2) is 54.9 Å². The Kier molecular flexibility index (Phi) is 14.9. The number of fused-ring (bicyclic) bond motifs is 1. The predicted molar refractivity (Wildman–Crippen MR) is 200 cm³/mol. The molecule has 57 heavy (non-hydrogen) atoms. The summed E-state index contributed by atoms with van der Waals surface area (Å²) in [6.07, 6.45) is 9.86. The molecule has 1 fully saturated rings. The standard InChI is InChI=1S/C38H44F3N6O9P/c1-3-5-6-7-8-9-10-14-17-52-37(50)54-30-22-31(47-24-43-32-33(42)44-36(41)45-34(32)47)55-38(30,4-2)23-53-57(51,56-28-15-12-11-13-16-28)46-29(35(48)49)20-25-18-26(39)21-27(40)19-25/h2,11-13,15-16,18-19,21,24,29-31H,3,5-10,14,17,20,22-23H2,1H3,(H,46,51)(H,48,49)(H2,42,44,45)/t29-,30-,31+,38+,57-/m0/s1. The lowest BCUT2D eigenvalue weighted by Gasteiger charge is -2.31. The van der Waals surface area contributed by atoms with Crippen molar-refractivity contribution in [3.8, 4) is 18.1 Å². The van der Waals surface area contributed by atoms with E-state index in [2.05, 4.69) is 32.9 Å². The zero-order valence-electron chi connectivity index (χ0n) is 31.2. The number of carbonyl (C=O) groups excluding carboxylic acids is 1. The second kappa shape index (κ2) is 19.8. The number of aliphatic carboxylic acids is 1. The van der Waals surface area contributed by atoms with Crippen molar-refractivity contribution in [1.29, 1.82) is 0 Å². The van der Waals surface area contributed by atoms with E-state index in [-0.39, 0.29) is 41.3 Å². The van der Waals surface area contributed by atoms with Gasteiger partial charge in [0.05, 0.1) is 12.9 Å². The number of unbranched alkanes of at least 4 members (excludes halogenated alkanes) is 7. The van der Waals surface area contributed by atoms with E-state index in [1.165, 1.54) is 35.9 Å². The van der Waals surface area contributed by atoms with Crippen LogP contribution in [-0.4, -0.2) is 67.7 Å². The van der Waals surface area contributed by atoms with Gasteiger partial charge in [-0.2, -0.15) is 19.4 Å². The molecule has 0 saturated carbocycles. The van der Waals surface area contributed by atoms with E-state index in [1.54, 1.807) is 18.2 Å². The van der Waals surface area contributed by atoms with E-state index in [9.17, 15) is 32.4 Å². The van der Waals surface area contributed by atoms with Crippen molar-refractivity contribution in [3.05, 3.63) is 78.1 Å². The Bertz CT molecular complexity index is 2070. The number of terminal acetylenes is 1. The maximum atomic E-state index is 14.5. The summed E-state index contributed by atoms with van der Waals surface area (Å²) in [6, 6.07) is 8.25. The number of nitrogens with two attached hydrogens (primary N) is 1. The van der Waals surface area contributed by atoms with Crippen molar-refractivity contribution in [2.45, 2.75) is 95.1 Å². The number of carboxylic acid groups (broad SMARTS) is 1. The van der Waals surface area contributed by atoms with E-state index in [1.807, 2.05) is 0 Å². The molecule has 0 aliphatic carbocycles. The first-order chi connectivity index (χ1) is 27.3. The van der Waals surface area contributed by atoms with Gasteiger partial charge in [0.1, 0.15) is 36.3 Å². The zero-order chi connectivity index (χ0) is 41.0. The molecule has 5 rings (SSSR count). The first-order valence-corrected chi connectivity index (χ1v) is 20.0. The van der Waals surface area contributed by atoms with Crippen LogP contribution in [0.3, 0.4) is 0 Å². The molecule has 2 aromatic carbocycles. The van der Waals surface area contributed by atoms with Gasteiger partial charge in [0.2, 0.25) is 0 Å². The number of rotatable bonds is 21. The number of aromatic nitrogens is 4. The molecule has 19 heteroatoms. The van der Waals surface area contributed by atoms with Gasteiger partial charge >= 0.3 is 25.9 Å². The van der Waals surface area contributed by atoms with Crippen LogP contribution < -0.4 is 15.3 Å². The zero-order valence-corrected chi connectivity index (χ0v) is 32.0. The van der Waals surface area contributed by atoms with Gasteiger partial charge in [-0.15, -0.1) is 6.42 Å². The van der Waals surface area contributed by atoms with Gasteiger partial charge in [-0.1, -0.05) is 76.0 Å². The van der Waals surface area contributed by atoms with Crippen molar-refractivity contribution in [1.82, 2.24) is 24.6 Å². The Morgan fingerprint density at radius 2 is 1.77 bits per heavy atom. The highest BCUT2D eigenvalue weighted by Crippen LogP contribution is 2.48. The lowest BCUT2D eigenvalue weighted by Crippen LogP contribution is -2.46. The fourth-order valence-electron chi connectivity index (χ4n) is 6.25. The van der Waals surface area contributed by atoms with Crippen molar-refractivity contribution in [2.75, 3.05) is 18.9 Å². The number of nitrogens with zero attached hydrogens (tertiary/aromatic N) is 4. The molecule has 4 N–H and O–H groups in total. The summed E-state index contributed by atoms with van der Waals surface area (Å²) in [4.78, 5) is 36.9. The Labute approximate surface area is 327 Å². The third-order valence-corrected chi connectivity index (χ3v) is 10.7. The number of anilines is 1. The molecule has 0 bridgehead atoms. The lowest BCUT2D eigenvalue weighted by atomic mass is 9.99. The summed E-state index contributed by atoms with van der Waals surface area (Å²) >= 11 is 0. The normalized spacial score (nSPS) is 19.4. The van der Waals surface area contributed by atoms with Gasteiger partial charge < -0.3 is 29.6 Å². The van der Waals surface area contributed by atoms with Crippen molar-refractivity contribution < 1.29 is 55.7 Å². The highest BCUT2D eigenvalue weighted by molar-refractivity contribution is 7.52. The molecule has 0 amide bonds. The molecule has 0 spiro atoms. The van der Waals surface area contributed by atoms with Gasteiger partial charge in [-0.05, 0) is 42.7 Å². The number of hydrogen-bond acceptors (Lipinski definition) is 12. The number of carboxylic acids is 1. The smallest absolute Gasteiger partial charge is 0.480 e. The van der Waals surface area contributed by atoms with Gasteiger partial charge in [0.25, 0.3) is 0 Å². The summed E-state index contributed by atoms with van der Waals surface area (Å²) in [5.41, 5.74) is 3.67. The predicted octanol–water partition coefficient (Wildman–Crippen LogP) is 7.27. The number of nitrogen functional groups attached to an aromatic ring is 1. The third kappa shape index (κ3) is 11.7. The minimum Gasteiger partial charge on any atom is -0.480 e. The average molecular weight is 817 g/mol. The average Bonchev–Trinajstić information content (AvgIpc) is 3.75. The van der Waals surface area contributed by atoms with Gasteiger partial charge in [-0.25, -0.2) is 23.1 Å². The molecule has 15 nitrogen and oxygen atoms in total. The highest BCUT2D eigenvalue weighted by atomic mass is 31.2. The van der Waals surface area contributed by atoms with Crippen LogP contribution in [0.2, 0.25) is 0 Å². The number of para-hydroxylation sites is 1.